The van der Waals surface area contributed by atoms with Crippen LogP contribution in [0.5, 0.6) is 5.75 Å². The normalized spacial score (nSPS) is 17.6. The summed E-state index contributed by atoms with van der Waals surface area (Å²) in [6, 6.07) is 31.6. The van der Waals surface area contributed by atoms with Crippen LogP contribution < -0.4 is 9.64 Å². The summed E-state index contributed by atoms with van der Waals surface area (Å²) in [7, 11) is 0. The Morgan fingerprint density at radius 3 is 2.41 bits per heavy atom. The fraction of sp³-hybridized carbons (Fsp3) is 0.303. The standard InChI is InChI=1S/C33H34N2O2/c1-24-12-15-31-30(20-24)33(23-35(31)32(36)25(2)37-29-10-4-3-5-11-29)16-18-34(19-17-33)22-26-13-14-27-8-6-7-9-28(27)21-26/h3-15,20-21,25H,16-19,22-23H2,1-2H3. The lowest BCUT2D eigenvalue weighted by Crippen LogP contribution is -2.47. The molecule has 1 amide bonds. The van der Waals surface area contributed by atoms with E-state index in [0.717, 1.165) is 50.5 Å². The quantitative estimate of drug-likeness (QED) is 0.320. The number of likely N-dealkylation sites (tertiary alicyclic amines) is 1. The first-order valence-electron chi connectivity index (χ1n) is 13.4. The Balaban J connectivity index is 1.18. The Morgan fingerprint density at radius 2 is 1.62 bits per heavy atom. The number of para-hydroxylation sites is 1. The first kappa shape index (κ1) is 23.7. The summed E-state index contributed by atoms with van der Waals surface area (Å²) in [5, 5.41) is 2.59. The summed E-state index contributed by atoms with van der Waals surface area (Å²) in [5.74, 6) is 0.757. The molecule has 4 aromatic carbocycles. The lowest BCUT2D eigenvalue weighted by atomic mass is 9.74. The highest BCUT2D eigenvalue weighted by atomic mass is 16.5. The molecule has 2 aliphatic heterocycles. The predicted molar refractivity (Wildman–Crippen MR) is 150 cm³/mol. The number of rotatable bonds is 5. The number of aryl methyl sites for hydroxylation is 1. The second kappa shape index (κ2) is 9.68. The van der Waals surface area contributed by atoms with E-state index in [1.165, 1.54) is 27.5 Å². The zero-order chi connectivity index (χ0) is 25.4. The highest BCUT2D eigenvalue weighted by Crippen LogP contribution is 2.47. The average Bonchev–Trinajstić information content (AvgIpc) is 3.23. The van der Waals surface area contributed by atoms with Crippen molar-refractivity contribution >= 4 is 22.4 Å². The van der Waals surface area contributed by atoms with Gasteiger partial charge in [-0.15, -0.1) is 0 Å². The van der Waals surface area contributed by atoms with Crippen molar-refractivity contribution in [3.05, 3.63) is 108 Å². The van der Waals surface area contributed by atoms with Gasteiger partial charge in [0, 0.05) is 24.2 Å². The number of fused-ring (bicyclic) bond motifs is 3. The zero-order valence-electron chi connectivity index (χ0n) is 21.7. The minimum Gasteiger partial charge on any atom is -0.481 e. The third kappa shape index (κ3) is 4.62. The van der Waals surface area contributed by atoms with Crippen LogP contribution in [0.1, 0.15) is 36.5 Å². The molecule has 4 heteroatoms. The number of nitrogens with zero attached hydrogens (tertiary/aromatic N) is 2. The van der Waals surface area contributed by atoms with Crippen molar-refractivity contribution in [3.63, 3.8) is 0 Å². The molecular formula is C33H34N2O2. The fourth-order valence-electron chi connectivity index (χ4n) is 6.11. The van der Waals surface area contributed by atoms with E-state index in [9.17, 15) is 4.79 Å². The van der Waals surface area contributed by atoms with Gasteiger partial charge in [0.2, 0.25) is 0 Å². The molecule has 1 saturated heterocycles. The summed E-state index contributed by atoms with van der Waals surface area (Å²) in [6.45, 7) is 7.76. The summed E-state index contributed by atoms with van der Waals surface area (Å²) in [4.78, 5) is 18.2. The van der Waals surface area contributed by atoms with E-state index in [0.29, 0.717) is 0 Å². The van der Waals surface area contributed by atoms with Crippen LogP contribution in [0.2, 0.25) is 0 Å². The van der Waals surface area contributed by atoms with E-state index >= 15 is 0 Å². The minimum absolute atomic E-state index is 0.00334. The van der Waals surface area contributed by atoms with E-state index < -0.39 is 6.10 Å². The topological polar surface area (TPSA) is 32.8 Å². The van der Waals surface area contributed by atoms with Crippen LogP contribution >= 0.6 is 0 Å². The Kier molecular flexibility index (Phi) is 6.21. The van der Waals surface area contributed by atoms with Gasteiger partial charge in [-0.2, -0.15) is 0 Å². The van der Waals surface area contributed by atoms with Gasteiger partial charge >= 0.3 is 0 Å². The summed E-state index contributed by atoms with van der Waals surface area (Å²) in [6.07, 6.45) is 1.56. The van der Waals surface area contributed by atoms with E-state index in [2.05, 4.69) is 72.5 Å². The number of ether oxygens (including phenoxy) is 1. The second-order valence-electron chi connectivity index (χ2n) is 10.8. The van der Waals surface area contributed by atoms with Crippen molar-refractivity contribution in [1.29, 1.82) is 0 Å². The van der Waals surface area contributed by atoms with Crippen LogP contribution in [0, 0.1) is 6.92 Å². The van der Waals surface area contributed by atoms with Crippen molar-refractivity contribution in [2.24, 2.45) is 0 Å². The average molecular weight is 491 g/mol. The minimum atomic E-state index is -0.542. The van der Waals surface area contributed by atoms with Gasteiger partial charge in [0.1, 0.15) is 5.75 Å². The van der Waals surface area contributed by atoms with Crippen LogP contribution in [-0.2, 0) is 16.8 Å². The zero-order valence-corrected chi connectivity index (χ0v) is 21.7. The van der Waals surface area contributed by atoms with Crippen molar-refractivity contribution in [2.45, 2.75) is 44.8 Å². The molecule has 0 N–H and O–H groups in total. The maximum absolute atomic E-state index is 13.6. The molecule has 37 heavy (non-hydrogen) atoms. The lowest BCUT2D eigenvalue weighted by Gasteiger charge is -2.40. The number of hydrogen-bond acceptors (Lipinski definition) is 3. The SMILES string of the molecule is Cc1ccc2c(c1)C1(CCN(Cc3ccc4ccccc4c3)CC1)CN2C(=O)C(C)Oc1ccccc1. The number of carbonyl (C=O) groups excluding carboxylic acids is 1. The molecule has 188 valence electrons. The molecule has 1 unspecified atom stereocenters. The van der Waals surface area contributed by atoms with Gasteiger partial charge in [0.15, 0.2) is 6.10 Å². The Morgan fingerprint density at radius 1 is 0.892 bits per heavy atom. The smallest absolute Gasteiger partial charge is 0.267 e. The molecule has 0 radical (unpaired) electrons. The number of benzene rings is 4. The number of hydrogen-bond donors (Lipinski definition) is 0. The molecule has 0 aliphatic carbocycles. The van der Waals surface area contributed by atoms with Crippen LogP contribution in [-0.4, -0.2) is 36.5 Å². The van der Waals surface area contributed by atoms with E-state index in [1.807, 2.05) is 42.2 Å². The molecule has 0 bridgehead atoms. The lowest BCUT2D eigenvalue weighted by molar-refractivity contribution is -0.124. The van der Waals surface area contributed by atoms with Crippen molar-refractivity contribution < 1.29 is 9.53 Å². The highest BCUT2D eigenvalue weighted by Gasteiger charge is 2.47. The fourth-order valence-corrected chi connectivity index (χ4v) is 6.11. The maximum atomic E-state index is 13.6. The van der Waals surface area contributed by atoms with Crippen molar-refractivity contribution in [1.82, 2.24) is 4.90 Å². The molecule has 2 heterocycles. The third-order valence-corrected chi connectivity index (χ3v) is 8.18. The largest absolute Gasteiger partial charge is 0.481 e. The van der Waals surface area contributed by atoms with Gasteiger partial charge in [-0.1, -0.05) is 72.3 Å². The monoisotopic (exact) mass is 490 g/mol. The predicted octanol–water partition coefficient (Wildman–Crippen LogP) is 6.50. The van der Waals surface area contributed by atoms with E-state index in [4.69, 9.17) is 4.74 Å². The Bertz CT molecular complexity index is 1420. The van der Waals surface area contributed by atoms with Crippen molar-refractivity contribution in [2.75, 3.05) is 24.5 Å². The summed E-state index contributed by atoms with van der Waals surface area (Å²) in [5.41, 5.74) is 5.00. The third-order valence-electron chi connectivity index (χ3n) is 8.18. The molecule has 1 atom stereocenters. The van der Waals surface area contributed by atoms with Gasteiger partial charge in [-0.3, -0.25) is 9.69 Å². The second-order valence-corrected chi connectivity index (χ2v) is 10.8. The maximum Gasteiger partial charge on any atom is 0.267 e. The molecule has 6 rings (SSSR count). The van der Waals surface area contributed by atoms with E-state index in [1.54, 1.807) is 0 Å². The molecule has 1 fully saturated rings. The van der Waals surface area contributed by atoms with Gasteiger partial charge in [0.25, 0.3) is 5.91 Å². The molecular weight excluding hydrogens is 456 g/mol. The Hall–Kier alpha value is -3.63. The Labute approximate surface area is 219 Å². The number of carbonyl (C=O) groups is 1. The molecule has 0 aromatic heterocycles. The molecule has 1 spiro atoms. The molecule has 4 nitrogen and oxygen atoms in total. The first-order valence-corrected chi connectivity index (χ1v) is 13.4. The van der Waals surface area contributed by atoms with Gasteiger partial charge in [0.05, 0.1) is 0 Å². The molecule has 2 aliphatic rings. The van der Waals surface area contributed by atoms with Crippen LogP contribution in [0.25, 0.3) is 10.8 Å². The van der Waals surface area contributed by atoms with Gasteiger partial charge in [-0.05, 0) is 85.9 Å². The van der Waals surface area contributed by atoms with Crippen LogP contribution in [0.4, 0.5) is 5.69 Å². The summed E-state index contributed by atoms with van der Waals surface area (Å²) >= 11 is 0. The van der Waals surface area contributed by atoms with E-state index in [-0.39, 0.29) is 11.3 Å². The number of anilines is 1. The highest BCUT2D eigenvalue weighted by molar-refractivity contribution is 5.99. The molecule has 4 aromatic rings. The number of piperidine rings is 1. The van der Waals surface area contributed by atoms with Crippen molar-refractivity contribution in [3.8, 4) is 5.75 Å². The van der Waals surface area contributed by atoms with Gasteiger partial charge < -0.3 is 9.64 Å². The van der Waals surface area contributed by atoms with Crippen LogP contribution in [0.3, 0.4) is 0 Å². The number of amides is 1. The van der Waals surface area contributed by atoms with Gasteiger partial charge in [-0.25, -0.2) is 0 Å². The first-order chi connectivity index (χ1) is 18.0. The summed E-state index contributed by atoms with van der Waals surface area (Å²) < 4.78 is 6.02. The van der Waals surface area contributed by atoms with Crippen LogP contribution in [0.15, 0.2) is 91.0 Å². The molecule has 0 saturated carbocycles.